The van der Waals surface area contributed by atoms with E-state index in [1.165, 1.54) is 22.3 Å². The van der Waals surface area contributed by atoms with Crippen LogP contribution < -0.4 is 4.90 Å². The lowest BCUT2D eigenvalue weighted by Crippen LogP contribution is -2.46. The van der Waals surface area contributed by atoms with Gasteiger partial charge in [-0.2, -0.15) is 0 Å². The molecule has 1 aliphatic rings. The number of hydrogen-bond donors (Lipinski definition) is 0. The largest absolute Gasteiger partial charge is 0.352 e. The first-order valence-electron chi connectivity index (χ1n) is 12.0. The molecule has 2 aromatic heterocycles. The first kappa shape index (κ1) is 21.4. The van der Waals surface area contributed by atoms with Crippen molar-refractivity contribution in [2.75, 3.05) is 31.1 Å². The second-order valence-electron chi connectivity index (χ2n) is 8.89. The Labute approximate surface area is 204 Å². The number of hydrogen-bond acceptors (Lipinski definition) is 6. The van der Waals surface area contributed by atoms with Crippen LogP contribution in [0.3, 0.4) is 0 Å². The molecule has 0 unspecified atom stereocenters. The van der Waals surface area contributed by atoms with Crippen molar-refractivity contribution in [3.63, 3.8) is 0 Å². The Hall–Kier alpha value is -4.10. The first-order chi connectivity index (χ1) is 17.3. The third kappa shape index (κ3) is 4.50. The van der Waals surface area contributed by atoms with Gasteiger partial charge in [0.1, 0.15) is 6.33 Å². The number of nitrogens with zero attached hydrogens (tertiary/aromatic N) is 7. The Morgan fingerprint density at radius 1 is 0.686 bits per heavy atom. The Morgan fingerprint density at radius 3 is 2.20 bits per heavy atom. The highest BCUT2D eigenvalue weighted by molar-refractivity contribution is 5.82. The van der Waals surface area contributed by atoms with Crippen LogP contribution in [-0.2, 0) is 13.1 Å². The van der Waals surface area contributed by atoms with Crippen molar-refractivity contribution in [3.05, 3.63) is 102 Å². The molecule has 0 radical (unpaired) electrons. The third-order valence-corrected chi connectivity index (χ3v) is 6.62. The molecule has 7 nitrogen and oxygen atoms in total. The maximum atomic E-state index is 4.59. The minimum atomic E-state index is 0.641. The van der Waals surface area contributed by atoms with Gasteiger partial charge >= 0.3 is 0 Å². The number of rotatable bonds is 6. The fourth-order valence-corrected chi connectivity index (χ4v) is 4.79. The molecule has 0 N–H and O–H groups in total. The highest BCUT2D eigenvalue weighted by Crippen LogP contribution is 2.26. The van der Waals surface area contributed by atoms with Crippen LogP contribution in [0.4, 0.5) is 5.82 Å². The molecule has 0 atom stereocenters. The SMILES string of the molecule is c1ccc(Cn2nnc3c(N4CCN(Cc5ccccc5-c5ccccc5)CC4)ncnc32)cc1. The van der Waals surface area contributed by atoms with E-state index in [0.717, 1.165) is 49.7 Å². The zero-order valence-electron chi connectivity index (χ0n) is 19.5. The monoisotopic (exact) mass is 461 g/mol. The van der Waals surface area contributed by atoms with Gasteiger partial charge in [0.15, 0.2) is 17.0 Å². The van der Waals surface area contributed by atoms with E-state index >= 15 is 0 Å². The molecule has 3 heterocycles. The molecule has 0 bridgehead atoms. The molecule has 5 aromatic rings. The minimum Gasteiger partial charge on any atom is -0.352 e. The van der Waals surface area contributed by atoms with Gasteiger partial charge in [-0.3, -0.25) is 4.90 Å². The molecule has 1 saturated heterocycles. The number of benzene rings is 3. The fraction of sp³-hybridized carbons (Fsp3) is 0.214. The van der Waals surface area contributed by atoms with Gasteiger partial charge in [-0.1, -0.05) is 90.1 Å². The minimum absolute atomic E-state index is 0.641. The van der Waals surface area contributed by atoms with Crippen molar-refractivity contribution in [3.8, 4) is 11.1 Å². The Kier molecular flexibility index (Phi) is 5.90. The zero-order valence-corrected chi connectivity index (χ0v) is 19.5. The number of anilines is 1. The summed E-state index contributed by atoms with van der Waals surface area (Å²) in [6.07, 6.45) is 1.63. The van der Waals surface area contributed by atoms with Crippen molar-refractivity contribution >= 4 is 17.0 Å². The van der Waals surface area contributed by atoms with Gasteiger partial charge in [-0.05, 0) is 22.3 Å². The number of fused-ring (bicyclic) bond motifs is 1. The summed E-state index contributed by atoms with van der Waals surface area (Å²) in [5.41, 5.74) is 6.65. The van der Waals surface area contributed by atoms with E-state index in [-0.39, 0.29) is 0 Å². The van der Waals surface area contributed by atoms with Gasteiger partial charge in [0, 0.05) is 32.7 Å². The summed E-state index contributed by atoms with van der Waals surface area (Å²) in [7, 11) is 0. The van der Waals surface area contributed by atoms with E-state index in [4.69, 9.17) is 0 Å². The van der Waals surface area contributed by atoms with E-state index in [2.05, 4.69) is 96.8 Å². The van der Waals surface area contributed by atoms with E-state index in [9.17, 15) is 0 Å². The van der Waals surface area contributed by atoms with Crippen molar-refractivity contribution in [2.24, 2.45) is 0 Å². The van der Waals surface area contributed by atoms with E-state index < -0.39 is 0 Å². The van der Waals surface area contributed by atoms with Crippen LogP contribution in [0.2, 0.25) is 0 Å². The average Bonchev–Trinajstić information content (AvgIpc) is 3.33. The second kappa shape index (κ2) is 9.64. The smallest absolute Gasteiger partial charge is 0.184 e. The summed E-state index contributed by atoms with van der Waals surface area (Å²) in [4.78, 5) is 13.9. The van der Waals surface area contributed by atoms with Crippen molar-refractivity contribution in [2.45, 2.75) is 13.1 Å². The Balaban J connectivity index is 1.16. The van der Waals surface area contributed by atoms with Gasteiger partial charge in [-0.25, -0.2) is 14.6 Å². The predicted molar refractivity (Wildman–Crippen MR) is 138 cm³/mol. The summed E-state index contributed by atoms with van der Waals surface area (Å²) in [6, 6.07) is 29.6. The lowest BCUT2D eigenvalue weighted by Gasteiger charge is -2.35. The number of aromatic nitrogens is 5. The molecule has 35 heavy (non-hydrogen) atoms. The highest BCUT2D eigenvalue weighted by atomic mass is 15.5. The van der Waals surface area contributed by atoms with E-state index in [1.807, 2.05) is 22.9 Å². The van der Waals surface area contributed by atoms with Crippen LogP contribution >= 0.6 is 0 Å². The fourth-order valence-electron chi connectivity index (χ4n) is 4.79. The molecule has 174 valence electrons. The molecule has 0 aliphatic carbocycles. The van der Waals surface area contributed by atoms with E-state index in [1.54, 1.807) is 6.33 Å². The molecule has 7 heteroatoms. The van der Waals surface area contributed by atoms with E-state index in [0.29, 0.717) is 6.54 Å². The normalized spacial score (nSPS) is 14.5. The highest BCUT2D eigenvalue weighted by Gasteiger charge is 2.23. The average molecular weight is 462 g/mol. The summed E-state index contributed by atoms with van der Waals surface area (Å²) in [6.45, 7) is 5.30. The summed E-state index contributed by atoms with van der Waals surface area (Å²) in [5, 5.41) is 8.84. The van der Waals surface area contributed by atoms with Gasteiger partial charge in [0.25, 0.3) is 0 Å². The Morgan fingerprint density at radius 2 is 1.40 bits per heavy atom. The maximum absolute atomic E-state index is 4.59. The van der Waals surface area contributed by atoms with Crippen LogP contribution in [0.15, 0.2) is 91.3 Å². The lowest BCUT2D eigenvalue weighted by atomic mass is 9.99. The molecule has 1 aliphatic heterocycles. The molecule has 0 saturated carbocycles. The van der Waals surface area contributed by atoms with Crippen LogP contribution in [0.25, 0.3) is 22.3 Å². The van der Waals surface area contributed by atoms with Crippen LogP contribution in [0.5, 0.6) is 0 Å². The summed E-state index contributed by atoms with van der Waals surface area (Å²) < 4.78 is 1.85. The van der Waals surface area contributed by atoms with Crippen LogP contribution in [0.1, 0.15) is 11.1 Å². The summed E-state index contributed by atoms with van der Waals surface area (Å²) in [5.74, 6) is 0.874. The molecule has 3 aromatic carbocycles. The maximum Gasteiger partial charge on any atom is 0.184 e. The molecular formula is C28H27N7. The molecule has 0 spiro atoms. The van der Waals surface area contributed by atoms with Gasteiger partial charge in [-0.15, -0.1) is 5.10 Å². The predicted octanol–water partition coefficient (Wildman–Crippen LogP) is 4.26. The van der Waals surface area contributed by atoms with Crippen molar-refractivity contribution in [1.82, 2.24) is 29.9 Å². The Bertz CT molecular complexity index is 1410. The quantitative estimate of drug-likeness (QED) is 0.377. The zero-order chi connectivity index (χ0) is 23.5. The van der Waals surface area contributed by atoms with Crippen LogP contribution in [-0.4, -0.2) is 56.0 Å². The van der Waals surface area contributed by atoms with Crippen LogP contribution in [0, 0.1) is 0 Å². The number of piperazine rings is 1. The second-order valence-corrected chi connectivity index (χ2v) is 8.89. The summed E-state index contributed by atoms with van der Waals surface area (Å²) >= 11 is 0. The molecule has 1 fully saturated rings. The van der Waals surface area contributed by atoms with Gasteiger partial charge in [0.05, 0.1) is 6.54 Å². The molecule has 0 amide bonds. The first-order valence-corrected chi connectivity index (χ1v) is 12.0. The van der Waals surface area contributed by atoms with Gasteiger partial charge in [0.2, 0.25) is 0 Å². The molecular weight excluding hydrogens is 434 g/mol. The molecule has 6 rings (SSSR count). The standard InChI is InChI=1S/C28H27N7/c1-3-9-22(10-4-1)19-35-28-26(31-32-35)27(29-21-30-28)34-17-15-33(16-18-34)20-24-13-7-8-14-25(24)23-11-5-2-6-12-23/h1-14,21H,15-20H2. The van der Waals surface area contributed by atoms with Gasteiger partial charge < -0.3 is 4.90 Å². The third-order valence-electron chi connectivity index (χ3n) is 6.62. The van der Waals surface area contributed by atoms with Crippen molar-refractivity contribution in [1.29, 1.82) is 0 Å². The topological polar surface area (TPSA) is 63.0 Å². The van der Waals surface area contributed by atoms with Crippen molar-refractivity contribution < 1.29 is 0 Å². The lowest BCUT2D eigenvalue weighted by molar-refractivity contribution is 0.250.